The Hall–Kier alpha value is 0.407. The van der Waals surface area contributed by atoms with Crippen LogP contribution in [0.4, 0.5) is 0 Å². The number of hydrogen-bond acceptors (Lipinski definition) is 5. The Kier molecular flexibility index (Phi) is 15.7. The summed E-state index contributed by atoms with van der Waals surface area (Å²) in [6.45, 7) is 7.89. The van der Waals surface area contributed by atoms with Crippen molar-refractivity contribution >= 4 is 21.2 Å². The largest absolute Gasteiger partial charge is 0.393 e. The third-order valence-electron chi connectivity index (χ3n) is 4.46. The van der Waals surface area contributed by atoms with Gasteiger partial charge in [-0.15, -0.1) is 0 Å². The summed E-state index contributed by atoms with van der Waals surface area (Å²) in [5.41, 5.74) is 0. The van der Waals surface area contributed by atoms with Gasteiger partial charge in [0.05, 0.1) is 0 Å². The van der Waals surface area contributed by atoms with Crippen molar-refractivity contribution in [1.82, 2.24) is 9.80 Å². The highest BCUT2D eigenvalue weighted by molar-refractivity contribution is 7.80. The van der Waals surface area contributed by atoms with E-state index in [9.17, 15) is 0 Å². The highest BCUT2D eigenvalue weighted by Crippen LogP contribution is 2.22. The van der Waals surface area contributed by atoms with Crippen molar-refractivity contribution in [2.75, 3.05) is 54.5 Å². The average Bonchev–Trinajstić information content (AvgIpc) is 2.52. The lowest BCUT2D eigenvalue weighted by Crippen LogP contribution is -2.42. The lowest BCUT2D eigenvalue weighted by Gasteiger charge is -2.29. The van der Waals surface area contributed by atoms with E-state index >= 15 is 0 Å². The molecule has 0 aliphatic rings. The third kappa shape index (κ3) is 16.3. The minimum absolute atomic E-state index is 0.475. The minimum atomic E-state index is -2.11. The fraction of sp³-hybridized carbons (Fsp3) is 1.00. The molecule has 0 rings (SSSR count). The van der Waals surface area contributed by atoms with Crippen molar-refractivity contribution in [2.24, 2.45) is 0 Å². The lowest BCUT2D eigenvalue weighted by atomic mass is 10.1. The van der Waals surface area contributed by atoms with Crippen LogP contribution in [0.5, 0.6) is 0 Å². The summed E-state index contributed by atoms with van der Waals surface area (Å²) in [6.07, 6.45) is 9.00. The molecule has 0 fully saturated rings. The van der Waals surface area contributed by atoms with Crippen molar-refractivity contribution in [2.45, 2.75) is 69.7 Å². The van der Waals surface area contributed by atoms with Crippen LogP contribution in [0, 0.1) is 0 Å². The maximum Gasteiger partial charge on any atom is 0.335 e. The van der Waals surface area contributed by atoms with Crippen molar-refractivity contribution in [1.29, 1.82) is 0 Å². The molecule has 25 heavy (non-hydrogen) atoms. The molecule has 6 heteroatoms. The zero-order chi connectivity index (χ0) is 19.1. The van der Waals surface area contributed by atoms with Crippen LogP contribution in [0.2, 0.25) is 12.6 Å². The third-order valence-corrected chi connectivity index (χ3v) is 7.81. The van der Waals surface area contributed by atoms with Gasteiger partial charge in [0.25, 0.3) is 0 Å². The van der Waals surface area contributed by atoms with Crippen LogP contribution < -0.4 is 0 Å². The average molecular weight is 393 g/mol. The molecule has 0 aromatic heterocycles. The predicted molar refractivity (Wildman–Crippen MR) is 116 cm³/mol. The molecule has 0 aliphatic heterocycles. The van der Waals surface area contributed by atoms with Gasteiger partial charge in [-0.3, -0.25) is 0 Å². The summed E-state index contributed by atoms with van der Waals surface area (Å²) < 4.78 is 12.5. The molecule has 1 unspecified atom stereocenters. The maximum atomic E-state index is 6.25. The summed E-state index contributed by atoms with van der Waals surface area (Å²) in [4.78, 5) is 4.32. The van der Waals surface area contributed by atoms with Gasteiger partial charge in [-0.25, -0.2) is 0 Å². The summed E-state index contributed by atoms with van der Waals surface area (Å²) in [5.74, 6) is 0. The number of unbranched alkanes of at least 4 members (excludes halogenated alkanes) is 4. The number of thiol groups is 1. The molecule has 0 spiro atoms. The first kappa shape index (κ1) is 25.4. The number of hydrogen-bond donors (Lipinski definition) is 1. The van der Waals surface area contributed by atoms with Gasteiger partial charge in [-0.2, -0.15) is 12.6 Å². The van der Waals surface area contributed by atoms with Crippen LogP contribution in [-0.2, 0) is 8.85 Å². The summed E-state index contributed by atoms with van der Waals surface area (Å²) in [6, 6.07) is 1.04. The minimum Gasteiger partial charge on any atom is -0.393 e. The Morgan fingerprint density at radius 3 is 1.84 bits per heavy atom. The SMILES string of the molecule is CCCCCCCC(S)CC[Si](C)(OCCN(C)C)OCCN(C)C. The molecule has 0 radical (unpaired) electrons. The monoisotopic (exact) mass is 392 g/mol. The molecular weight excluding hydrogens is 348 g/mol. The second kappa shape index (κ2) is 15.5. The van der Waals surface area contributed by atoms with E-state index in [1.54, 1.807) is 0 Å². The van der Waals surface area contributed by atoms with Gasteiger partial charge in [-0.1, -0.05) is 39.0 Å². The van der Waals surface area contributed by atoms with E-state index in [4.69, 9.17) is 21.5 Å². The molecule has 0 aromatic carbocycles. The topological polar surface area (TPSA) is 24.9 Å². The smallest absolute Gasteiger partial charge is 0.335 e. The van der Waals surface area contributed by atoms with Crippen molar-refractivity contribution in [3.63, 3.8) is 0 Å². The van der Waals surface area contributed by atoms with E-state index in [0.717, 1.165) is 38.8 Å². The van der Waals surface area contributed by atoms with E-state index < -0.39 is 8.56 Å². The molecular formula is C19H44N2O2SSi. The molecule has 0 heterocycles. The van der Waals surface area contributed by atoms with Crippen LogP contribution in [0.3, 0.4) is 0 Å². The standard InChI is InChI=1S/C19H44N2O2SSi/c1-7-8-9-10-11-12-19(24)13-18-25(6,22-16-14-20(2)3)23-17-15-21(4)5/h19,24H,7-18H2,1-6H3. The molecule has 0 N–H and O–H groups in total. The maximum absolute atomic E-state index is 6.25. The van der Waals surface area contributed by atoms with E-state index in [0.29, 0.717) is 5.25 Å². The quantitative estimate of drug-likeness (QED) is 0.227. The summed E-state index contributed by atoms with van der Waals surface area (Å²) in [7, 11) is 6.21. The molecule has 4 nitrogen and oxygen atoms in total. The van der Waals surface area contributed by atoms with Crippen LogP contribution >= 0.6 is 12.6 Å². The predicted octanol–water partition coefficient (Wildman–Crippen LogP) is 4.26. The zero-order valence-electron chi connectivity index (χ0n) is 17.7. The molecule has 0 aliphatic carbocycles. The van der Waals surface area contributed by atoms with Crippen molar-refractivity contribution in [3.05, 3.63) is 0 Å². The van der Waals surface area contributed by atoms with Crippen LogP contribution in [-0.4, -0.2) is 78.1 Å². The van der Waals surface area contributed by atoms with Gasteiger partial charge in [0, 0.05) is 31.6 Å². The molecule has 0 bridgehead atoms. The van der Waals surface area contributed by atoms with E-state index in [2.05, 4.69) is 51.5 Å². The molecule has 0 saturated heterocycles. The number of nitrogens with zero attached hydrogens (tertiary/aromatic N) is 2. The van der Waals surface area contributed by atoms with Gasteiger partial charge < -0.3 is 18.7 Å². The van der Waals surface area contributed by atoms with Gasteiger partial charge >= 0.3 is 8.56 Å². The Morgan fingerprint density at radius 2 is 1.36 bits per heavy atom. The van der Waals surface area contributed by atoms with Gasteiger partial charge in [0.1, 0.15) is 0 Å². The molecule has 152 valence electrons. The molecule has 1 atom stereocenters. The first-order chi connectivity index (χ1) is 11.8. The Morgan fingerprint density at radius 1 is 0.840 bits per heavy atom. The number of rotatable bonds is 17. The van der Waals surface area contributed by atoms with Crippen LogP contribution in [0.25, 0.3) is 0 Å². The molecule has 0 amide bonds. The van der Waals surface area contributed by atoms with Crippen molar-refractivity contribution in [3.8, 4) is 0 Å². The first-order valence-corrected chi connectivity index (χ1v) is 13.1. The van der Waals surface area contributed by atoms with Gasteiger partial charge in [0.15, 0.2) is 0 Å². The van der Waals surface area contributed by atoms with Crippen molar-refractivity contribution < 1.29 is 8.85 Å². The Bertz CT molecular complexity index is 293. The highest BCUT2D eigenvalue weighted by Gasteiger charge is 2.32. The number of likely N-dealkylation sites (N-methyl/N-ethyl adjacent to an activating group) is 2. The second-order valence-corrected chi connectivity index (χ2v) is 11.9. The summed E-state index contributed by atoms with van der Waals surface area (Å²) >= 11 is 4.81. The van der Waals surface area contributed by atoms with Gasteiger partial charge in [0.2, 0.25) is 0 Å². The van der Waals surface area contributed by atoms with E-state index in [-0.39, 0.29) is 0 Å². The van der Waals surface area contributed by atoms with Gasteiger partial charge in [-0.05, 0) is 53.6 Å². The summed E-state index contributed by atoms with van der Waals surface area (Å²) in [5, 5.41) is 0.475. The van der Waals surface area contributed by atoms with E-state index in [1.807, 2.05) is 0 Å². The highest BCUT2D eigenvalue weighted by atomic mass is 32.1. The fourth-order valence-corrected chi connectivity index (χ4v) is 5.48. The van der Waals surface area contributed by atoms with Crippen LogP contribution in [0.15, 0.2) is 0 Å². The fourth-order valence-electron chi connectivity index (χ4n) is 2.63. The first-order valence-electron chi connectivity index (χ1n) is 10.0. The van der Waals surface area contributed by atoms with E-state index in [1.165, 1.54) is 38.5 Å². The Balaban J connectivity index is 4.20. The Labute approximate surface area is 164 Å². The lowest BCUT2D eigenvalue weighted by molar-refractivity contribution is 0.149. The van der Waals surface area contributed by atoms with Crippen LogP contribution in [0.1, 0.15) is 51.9 Å². The zero-order valence-corrected chi connectivity index (χ0v) is 19.6. The molecule has 0 saturated carbocycles. The normalized spacial score (nSPS) is 13.8. The second-order valence-electron chi connectivity index (χ2n) is 7.83. The molecule has 0 aromatic rings.